The third-order valence-corrected chi connectivity index (χ3v) is 3.61. The number of ether oxygens (including phenoxy) is 1. The van der Waals surface area contributed by atoms with Gasteiger partial charge >= 0.3 is 0 Å². The summed E-state index contributed by atoms with van der Waals surface area (Å²) < 4.78 is 5.35. The van der Waals surface area contributed by atoms with E-state index in [0.717, 1.165) is 50.1 Å². The van der Waals surface area contributed by atoms with Crippen molar-refractivity contribution in [3.63, 3.8) is 0 Å². The van der Waals surface area contributed by atoms with Gasteiger partial charge in [0.05, 0.1) is 12.3 Å². The molecule has 1 heterocycles. The standard InChI is InChI=1S/C13H22N2O/c1-4-16-6-5-13-14-11-7-9(2)10(3)8-12(11)15-13/h9-10H,4-8H2,1-3H3,(H,14,15). The molecule has 2 unspecified atom stereocenters. The van der Waals surface area contributed by atoms with E-state index in [1.165, 1.54) is 11.4 Å². The highest BCUT2D eigenvalue weighted by molar-refractivity contribution is 5.19. The molecule has 0 saturated carbocycles. The number of aromatic nitrogens is 2. The summed E-state index contributed by atoms with van der Waals surface area (Å²) in [7, 11) is 0. The highest BCUT2D eigenvalue weighted by Crippen LogP contribution is 2.28. The van der Waals surface area contributed by atoms with Crippen molar-refractivity contribution in [3.8, 4) is 0 Å². The predicted octanol–water partition coefficient (Wildman–Crippen LogP) is 2.36. The molecule has 0 radical (unpaired) electrons. The Labute approximate surface area is 97.6 Å². The molecule has 1 aliphatic carbocycles. The zero-order valence-corrected chi connectivity index (χ0v) is 10.5. The minimum atomic E-state index is 0.760. The van der Waals surface area contributed by atoms with E-state index < -0.39 is 0 Å². The van der Waals surface area contributed by atoms with Gasteiger partial charge in [0.15, 0.2) is 0 Å². The van der Waals surface area contributed by atoms with E-state index in [2.05, 4.69) is 23.8 Å². The smallest absolute Gasteiger partial charge is 0.108 e. The number of rotatable bonds is 4. The van der Waals surface area contributed by atoms with Gasteiger partial charge in [0.25, 0.3) is 0 Å². The first-order chi connectivity index (χ1) is 7.70. The molecule has 0 spiro atoms. The predicted molar refractivity (Wildman–Crippen MR) is 64.5 cm³/mol. The van der Waals surface area contributed by atoms with Crippen LogP contribution in [-0.4, -0.2) is 23.2 Å². The molecule has 0 fully saturated rings. The molecule has 1 aromatic heterocycles. The second-order valence-corrected chi connectivity index (χ2v) is 4.92. The van der Waals surface area contributed by atoms with E-state index in [1.54, 1.807) is 0 Å². The second kappa shape index (κ2) is 5.00. The Morgan fingerprint density at radius 1 is 1.31 bits per heavy atom. The number of hydrogen-bond donors (Lipinski definition) is 1. The summed E-state index contributed by atoms with van der Waals surface area (Å²) in [5.74, 6) is 2.63. The third kappa shape index (κ3) is 2.46. The summed E-state index contributed by atoms with van der Waals surface area (Å²) in [6, 6.07) is 0. The van der Waals surface area contributed by atoms with Gasteiger partial charge < -0.3 is 9.72 Å². The summed E-state index contributed by atoms with van der Waals surface area (Å²) >= 11 is 0. The lowest BCUT2D eigenvalue weighted by molar-refractivity contribution is 0.149. The Balaban J connectivity index is 2.01. The first-order valence-corrected chi connectivity index (χ1v) is 6.35. The second-order valence-electron chi connectivity index (χ2n) is 4.92. The Morgan fingerprint density at radius 2 is 2.06 bits per heavy atom. The summed E-state index contributed by atoms with van der Waals surface area (Å²) in [5, 5.41) is 0. The number of hydrogen-bond acceptors (Lipinski definition) is 2. The largest absolute Gasteiger partial charge is 0.381 e. The van der Waals surface area contributed by atoms with Crippen molar-refractivity contribution in [2.24, 2.45) is 11.8 Å². The third-order valence-electron chi connectivity index (χ3n) is 3.61. The van der Waals surface area contributed by atoms with Crippen LogP contribution in [0.1, 0.15) is 38.0 Å². The Kier molecular flexibility index (Phi) is 3.64. The molecule has 3 heteroatoms. The van der Waals surface area contributed by atoms with Gasteiger partial charge in [0.1, 0.15) is 5.82 Å². The monoisotopic (exact) mass is 222 g/mol. The molecule has 0 amide bonds. The van der Waals surface area contributed by atoms with Crippen LogP contribution in [0.15, 0.2) is 0 Å². The van der Waals surface area contributed by atoms with Crippen molar-refractivity contribution in [3.05, 3.63) is 17.2 Å². The lowest BCUT2D eigenvalue weighted by atomic mass is 9.82. The molecular formula is C13H22N2O. The molecule has 0 aliphatic heterocycles. The van der Waals surface area contributed by atoms with Crippen LogP contribution < -0.4 is 0 Å². The maximum atomic E-state index is 5.35. The van der Waals surface area contributed by atoms with Crippen LogP contribution in [0.3, 0.4) is 0 Å². The minimum Gasteiger partial charge on any atom is -0.381 e. The van der Waals surface area contributed by atoms with Crippen LogP contribution in [0.25, 0.3) is 0 Å². The lowest BCUT2D eigenvalue weighted by Crippen LogP contribution is -2.20. The molecule has 0 aromatic carbocycles. The van der Waals surface area contributed by atoms with Crippen molar-refractivity contribution in [1.29, 1.82) is 0 Å². The van der Waals surface area contributed by atoms with Crippen LogP contribution in [0, 0.1) is 11.8 Å². The van der Waals surface area contributed by atoms with Crippen LogP contribution in [0.2, 0.25) is 0 Å². The lowest BCUT2D eigenvalue weighted by Gasteiger charge is -2.24. The van der Waals surface area contributed by atoms with E-state index in [-0.39, 0.29) is 0 Å². The van der Waals surface area contributed by atoms with Crippen LogP contribution >= 0.6 is 0 Å². The summed E-state index contributed by atoms with van der Waals surface area (Å²) in [6.07, 6.45) is 3.18. The Bertz CT molecular complexity index is 318. The number of nitrogens with zero attached hydrogens (tertiary/aromatic N) is 1. The first-order valence-electron chi connectivity index (χ1n) is 6.35. The van der Waals surface area contributed by atoms with E-state index in [1.807, 2.05) is 6.92 Å². The van der Waals surface area contributed by atoms with Crippen molar-refractivity contribution in [1.82, 2.24) is 9.97 Å². The van der Waals surface area contributed by atoms with Crippen LogP contribution in [0.5, 0.6) is 0 Å². The molecule has 2 atom stereocenters. The quantitative estimate of drug-likeness (QED) is 0.794. The molecule has 0 saturated heterocycles. The van der Waals surface area contributed by atoms with Gasteiger partial charge in [-0.1, -0.05) is 13.8 Å². The van der Waals surface area contributed by atoms with Crippen LogP contribution in [0.4, 0.5) is 0 Å². The molecule has 1 aromatic rings. The molecule has 0 bridgehead atoms. The van der Waals surface area contributed by atoms with E-state index in [9.17, 15) is 0 Å². The SMILES string of the molecule is CCOCCc1nc2c([nH]1)CC(C)C(C)C2. The summed E-state index contributed by atoms with van der Waals surface area (Å²) in [4.78, 5) is 8.12. The topological polar surface area (TPSA) is 37.9 Å². The highest BCUT2D eigenvalue weighted by atomic mass is 16.5. The number of nitrogens with one attached hydrogen (secondary N) is 1. The zero-order valence-electron chi connectivity index (χ0n) is 10.5. The average Bonchev–Trinajstić information content (AvgIpc) is 2.61. The normalized spacial score (nSPS) is 24.4. The summed E-state index contributed by atoms with van der Waals surface area (Å²) in [6.45, 7) is 8.23. The fourth-order valence-corrected chi connectivity index (χ4v) is 2.30. The first kappa shape index (κ1) is 11.6. The van der Waals surface area contributed by atoms with Gasteiger partial charge in [-0.2, -0.15) is 0 Å². The van der Waals surface area contributed by atoms with Gasteiger partial charge in [0.2, 0.25) is 0 Å². The highest BCUT2D eigenvalue weighted by Gasteiger charge is 2.24. The molecule has 2 rings (SSSR count). The maximum absolute atomic E-state index is 5.35. The van der Waals surface area contributed by atoms with Gasteiger partial charge in [-0.25, -0.2) is 4.98 Å². The molecule has 1 aliphatic rings. The number of fused-ring (bicyclic) bond motifs is 1. The number of aromatic amines is 1. The molecule has 90 valence electrons. The molecule has 3 nitrogen and oxygen atoms in total. The Morgan fingerprint density at radius 3 is 2.81 bits per heavy atom. The van der Waals surface area contributed by atoms with Gasteiger partial charge in [-0.3, -0.25) is 0 Å². The molecule has 1 N–H and O–H groups in total. The number of imidazole rings is 1. The van der Waals surface area contributed by atoms with Crippen molar-refractivity contribution >= 4 is 0 Å². The maximum Gasteiger partial charge on any atom is 0.108 e. The van der Waals surface area contributed by atoms with E-state index in [0.29, 0.717) is 0 Å². The van der Waals surface area contributed by atoms with E-state index in [4.69, 9.17) is 4.74 Å². The average molecular weight is 222 g/mol. The minimum absolute atomic E-state index is 0.760. The number of H-pyrrole nitrogens is 1. The fraction of sp³-hybridized carbons (Fsp3) is 0.769. The van der Waals surface area contributed by atoms with Crippen molar-refractivity contribution in [2.75, 3.05) is 13.2 Å². The van der Waals surface area contributed by atoms with Gasteiger partial charge in [0, 0.05) is 18.7 Å². The summed E-state index contributed by atoms with van der Waals surface area (Å²) in [5.41, 5.74) is 2.65. The fourth-order valence-electron chi connectivity index (χ4n) is 2.30. The zero-order chi connectivity index (χ0) is 11.5. The van der Waals surface area contributed by atoms with Crippen LogP contribution in [-0.2, 0) is 24.0 Å². The van der Waals surface area contributed by atoms with Gasteiger partial charge in [-0.15, -0.1) is 0 Å². The van der Waals surface area contributed by atoms with Crippen molar-refractivity contribution < 1.29 is 4.74 Å². The Hall–Kier alpha value is -0.830. The molecule has 16 heavy (non-hydrogen) atoms. The van der Waals surface area contributed by atoms with E-state index >= 15 is 0 Å². The van der Waals surface area contributed by atoms with Gasteiger partial charge in [-0.05, 0) is 31.6 Å². The van der Waals surface area contributed by atoms with Crippen molar-refractivity contribution in [2.45, 2.75) is 40.0 Å². The molecular weight excluding hydrogens is 200 g/mol.